The predicted octanol–water partition coefficient (Wildman–Crippen LogP) is 4.07. The number of nitrogens with zero attached hydrogens (tertiary/aromatic N) is 1. The number of hydrogen-bond donors (Lipinski definition) is 0. The van der Waals surface area contributed by atoms with Gasteiger partial charge in [0.1, 0.15) is 5.76 Å². The zero-order chi connectivity index (χ0) is 10.8. The number of rotatable bonds is 2. The molecule has 3 aromatic rings. The normalized spacial score (nSPS) is 10.5. The summed E-state index contributed by atoms with van der Waals surface area (Å²) in [4.78, 5) is 6.61. The highest BCUT2D eigenvalue weighted by Gasteiger charge is 2.06. The molecule has 0 atom stereocenters. The van der Waals surface area contributed by atoms with Gasteiger partial charge in [-0.3, -0.25) is 4.98 Å². The molecule has 2 nitrogen and oxygen atoms in total. The van der Waals surface area contributed by atoms with E-state index in [2.05, 4.69) is 17.1 Å². The highest BCUT2D eigenvalue weighted by molar-refractivity contribution is 7.18. The van der Waals surface area contributed by atoms with Crippen molar-refractivity contribution in [3.05, 3.63) is 54.9 Å². The molecule has 0 amide bonds. The van der Waals surface area contributed by atoms with Gasteiger partial charge in [-0.15, -0.1) is 11.3 Å². The summed E-state index contributed by atoms with van der Waals surface area (Å²) in [6, 6.07) is 13.9. The van der Waals surface area contributed by atoms with Gasteiger partial charge in [0.25, 0.3) is 0 Å². The van der Waals surface area contributed by atoms with Gasteiger partial charge in [-0.25, -0.2) is 0 Å². The zero-order valence-electron chi connectivity index (χ0n) is 8.46. The van der Waals surface area contributed by atoms with Crippen molar-refractivity contribution in [1.82, 2.24) is 4.98 Å². The quantitative estimate of drug-likeness (QED) is 0.659. The predicted molar refractivity (Wildman–Crippen MR) is 65.3 cm³/mol. The molecule has 0 saturated carbocycles. The molecule has 0 bridgehead atoms. The average Bonchev–Trinajstić information content (AvgIpc) is 3.01. The second-order valence-electron chi connectivity index (χ2n) is 3.36. The lowest BCUT2D eigenvalue weighted by Gasteiger charge is -1.93. The zero-order valence-corrected chi connectivity index (χ0v) is 9.28. The third-order valence-corrected chi connectivity index (χ3v) is 3.41. The van der Waals surface area contributed by atoms with Crippen LogP contribution in [0, 0.1) is 0 Å². The van der Waals surface area contributed by atoms with Crippen LogP contribution in [-0.4, -0.2) is 4.98 Å². The Bertz CT molecular complexity index is 569. The summed E-state index contributed by atoms with van der Waals surface area (Å²) < 4.78 is 5.36. The van der Waals surface area contributed by atoms with E-state index in [1.54, 1.807) is 17.6 Å². The Morgan fingerprint density at radius 3 is 2.62 bits per heavy atom. The summed E-state index contributed by atoms with van der Waals surface area (Å²) in [7, 11) is 0. The molecular weight excluding hydrogens is 218 g/mol. The van der Waals surface area contributed by atoms with Crippen molar-refractivity contribution in [1.29, 1.82) is 0 Å². The van der Waals surface area contributed by atoms with Crippen molar-refractivity contribution < 1.29 is 4.42 Å². The molecule has 78 valence electrons. The lowest BCUT2D eigenvalue weighted by atomic mass is 10.3. The third-order valence-electron chi connectivity index (χ3n) is 2.29. The van der Waals surface area contributed by atoms with E-state index in [-0.39, 0.29) is 0 Å². The van der Waals surface area contributed by atoms with Gasteiger partial charge in [0, 0.05) is 6.20 Å². The molecule has 0 radical (unpaired) electrons. The fraction of sp³-hybridized carbons (Fsp3) is 0. The van der Waals surface area contributed by atoms with E-state index in [0.717, 1.165) is 21.2 Å². The minimum Gasteiger partial charge on any atom is -0.464 e. The first kappa shape index (κ1) is 9.36. The molecule has 0 aliphatic heterocycles. The number of aromatic nitrogens is 1. The van der Waals surface area contributed by atoms with Crippen LogP contribution in [0.2, 0.25) is 0 Å². The molecule has 3 aromatic heterocycles. The maximum Gasteiger partial charge on any atom is 0.143 e. The van der Waals surface area contributed by atoms with Crippen molar-refractivity contribution in [2.45, 2.75) is 0 Å². The topological polar surface area (TPSA) is 26.0 Å². The van der Waals surface area contributed by atoms with Crippen LogP contribution < -0.4 is 0 Å². The molecule has 0 saturated heterocycles. The van der Waals surface area contributed by atoms with E-state index in [1.165, 1.54) is 0 Å². The van der Waals surface area contributed by atoms with Gasteiger partial charge < -0.3 is 4.42 Å². The molecular formula is C13H9NOS. The fourth-order valence-corrected chi connectivity index (χ4v) is 2.49. The summed E-state index contributed by atoms with van der Waals surface area (Å²) in [6.07, 6.45) is 3.50. The van der Waals surface area contributed by atoms with Crippen LogP contribution in [0.15, 0.2) is 59.3 Å². The molecule has 0 spiro atoms. The Kier molecular flexibility index (Phi) is 2.31. The Morgan fingerprint density at radius 1 is 0.938 bits per heavy atom. The summed E-state index contributed by atoms with van der Waals surface area (Å²) in [5.41, 5.74) is 1.00. The monoisotopic (exact) mass is 227 g/mol. The Hall–Kier alpha value is -1.87. The SMILES string of the molecule is c1ccc(-c2ccc(-c3ccco3)s2)nc1. The van der Waals surface area contributed by atoms with E-state index in [1.807, 2.05) is 36.5 Å². The lowest BCUT2D eigenvalue weighted by molar-refractivity contribution is 0.584. The van der Waals surface area contributed by atoms with Crippen molar-refractivity contribution in [3.63, 3.8) is 0 Å². The first-order chi connectivity index (χ1) is 7.93. The largest absolute Gasteiger partial charge is 0.464 e. The minimum absolute atomic E-state index is 0.909. The summed E-state index contributed by atoms with van der Waals surface area (Å²) in [5.74, 6) is 0.909. The Balaban J connectivity index is 2.00. The van der Waals surface area contributed by atoms with Crippen molar-refractivity contribution in [3.8, 4) is 21.2 Å². The molecule has 16 heavy (non-hydrogen) atoms. The first-order valence-corrected chi connectivity index (χ1v) is 5.80. The van der Waals surface area contributed by atoms with Crippen molar-refractivity contribution >= 4 is 11.3 Å². The van der Waals surface area contributed by atoms with Crippen LogP contribution in [0.25, 0.3) is 21.2 Å². The standard InChI is InChI=1S/C13H9NOS/c1-2-8-14-10(4-1)12-6-7-13(16-12)11-5-3-9-15-11/h1-9H. The van der Waals surface area contributed by atoms with Crippen molar-refractivity contribution in [2.24, 2.45) is 0 Å². The van der Waals surface area contributed by atoms with Crippen LogP contribution in [0.5, 0.6) is 0 Å². The van der Waals surface area contributed by atoms with Crippen LogP contribution in [0.4, 0.5) is 0 Å². The lowest BCUT2D eigenvalue weighted by Crippen LogP contribution is -1.75. The van der Waals surface area contributed by atoms with Gasteiger partial charge in [0.15, 0.2) is 0 Å². The molecule has 0 N–H and O–H groups in total. The van der Waals surface area contributed by atoms with Gasteiger partial charge in [0.2, 0.25) is 0 Å². The minimum atomic E-state index is 0.909. The summed E-state index contributed by atoms with van der Waals surface area (Å²) in [5, 5.41) is 0. The maximum atomic E-state index is 5.36. The Morgan fingerprint density at radius 2 is 1.88 bits per heavy atom. The first-order valence-electron chi connectivity index (χ1n) is 4.98. The van der Waals surface area contributed by atoms with Gasteiger partial charge >= 0.3 is 0 Å². The molecule has 0 aromatic carbocycles. The average molecular weight is 227 g/mol. The van der Waals surface area contributed by atoms with E-state index in [0.29, 0.717) is 0 Å². The third kappa shape index (κ3) is 1.66. The molecule has 0 unspecified atom stereocenters. The molecule has 0 aliphatic carbocycles. The summed E-state index contributed by atoms with van der Waals surface area (Å²) in [6.45, 7) is 0. The molecule has 0 fully saturated rings. The van der Waals surface area contributed by atoms with E-state index >= 15 is 0 Å². The number of pyridine rings is 1. The number of thiophene rings is 1. The van der Waals surface area contributed by atoms with Crippen LogP contribution in [0.3, 0.4) is 0 Å². The van der Waals surface area contributed by atoms with Gasteiger partial charge in [0.05, 0.1) is 21.7 Å². The Labute approximate surface area is 97.2 Å². The highest BCUT2D eigenvalue weighted by atomic mass is 32.1. The van der Waals surface area contributed by atoms with Gasteiger partial charge in [-0.2, -0.15) is 0 Å². The van der Waals surface area contributed by atoms with Crippen LogP contribution in [-0.2, 0) is 0 Å². The smallest absolute Gasteiger partial charge is 0.143 e. The number of hydrogen-bond acceptors (Lipinski definition) is 3. The van der Waals surface area contributed by atoms with E-state index in [9.17, 15) is 0 Å². The van der Waals surface area contributed by atoms with Gasteiger partial charge in [-0.05, 0) is 36.4 Å². The maximum absolute atomic E-state index is 5.36. The molecule has 3 heteroatoms. The van der Waals surface area contributed by atoms with E-state index in [4.69, 9.17) is 4.42 Å². The van der Waals surface area contributed by atoms with Crippen LogP contribution >= 0.6 is 11.3 Å². The van der Waals surface area contributed by atoms with E-state index < -0.39 is 0 Å². The molecule has 3 heterocycles. The second-order valence-corrected chi connectivity index (χ2v) is 4.44. The van der Waals surface area contributed by atoms with Crippen LogP contribution in [0.1, 0.15) is 0 Å². The van der Waals surface area contributed by atoms with Crippen molar-refractivity contribution in [2.75, 3.05) is 0 Å². The molecule has 3 rings (SSSR count). The van der Waals surface area contributed by atoms with Gasteiger partial charge in [-0.1, -0.05) is 6.07 Å². The highest BCUT2D eigenvalue weighted by Crippen LogP contribution is 2.33. The fourth-order valence-electron chi connectivity index (χ4n) is 1.54. The second kappa shape index (κ2) is 3.94. The summed E-state index contributed by atoms with van der Waals surface area (Å²) >= 11 is 1.69. The molecule has 0 aliphatic rings. The number of furan rings is 1.